The van der Waals surface area contributed by atoms with Crippen LogP contribution in [0.3, 0.4) is 0 Å². The Bertz CT molecular complexity index is 1540. The van der Waals surface area contributed by atoms with E-state index in [9.17, 15) is 9.59 Å². The van der Waals surface area contributed by atoms with Crippen LogP contribution in [0.2, 0.25) is 0 Å². The van der Waals surface area contributed by atoms with Crippen LogP contribution in [-0.4, -0.2) is 26.8 Å². The number of anilines is 1. The Hall–Kier alpha value is -4.66. The van der Waals surface area contributed by atoms with Gasteiger partial charge in [0, 0.05) is 5.69 Å². The molecule has 9 heteroatoms. The molecule has 3 aromatic heterocycles. The van der Waals surface area contributed by atoms with Crippen molar-refractivity contribution in [1.82, 2.24) is 20.3 Å². The standard InChI is InChI=1S/C28H25N5O4/c34-26(18-32-24-10-2-1-9-23(24)30-31-32)33(21-13-12-19-6-3-7-20(19)16-21)27(25-11-5-15-37-25)28(35)29-17-22-8-4-14-36-22/h1-2,4-5,8-16,27H,3,6-7,17-18H2,(H,29,35)/t27-/m0/s1. The summed E-state index contributed by atoms with van der Waals surface area (Å²) in [4.78, 5) is 29.2. The summed E-state index contributed by atoms with van der Waals surface area (Å²) in [5.74, 6) is 0.261. The lowest BCUT2D eigenvalue weighted by Gasteiger charge is -2.30. The summed E-state index contributed by atoms with van der Waals surface area (Å²) in [7, 11) is 0. The molecular formula is C28H25N5O4. The Labute approximate surface area is 212 Å². The number of nitrogens with one attached hydrogen (secondary N) is 1. The SMILES string of the molecule is O=C(NCc1ccco1)[C@H](c1ccco1)N(C(=O)Cn1nnc2ccccc21)c1ccc2c(c1)CCC2. The van der Waals surface area contributed by atoms with E-state index in [1.807, 2.05) is 42.5 Å². The monoisotopic (exact) mass is 495 g/mol. The lowest BCUT2D eigenvalue weighted by atomic mass is 10.1. The van der Waals surface area contributed by atoms with Gasteiger partial charge in [-0.25, -0.2) is 4.68 Å². The van der Waals surface area contributed by atoms with Gasteiger partial charge in [0.1, 0.15) is 23.6 Å². The summed E-state index contributed by atoms with van der Waals surface area (Å²) in [6.07, 6.45) is 6.07. The van der Waals surface area contributed by atoms with Gasteiger partial charge in [0.25, 0.3) is 5.91 Å². The number of fused-ring (bicyclic) bond motifs is 2. The van der Waals surface area contributed by atoms with Crippen LogP contribution in [0.4, 0.5) is 5.69 Å². The molecule has 5 aromatic rings. The molecule has 1 atom stereocenters. The predicted octanol–water partition coefficient (Wildman–Crippen LogP) is 4.20. The molecule has 0 saturated carbocycles. The molecule has 2 amide bonds. The van der Waals surface area contributed by atoms with Crippen LogP contribution in [0.1, 0.15) is 35.1 Å². The maximum atomic E-state index is 14.0. The zero-order valence-electron chi connectivity index (χ0n) is 20.0. The third-order valence-electron chi connectivity index (χ3n) is 6.67. The Morgan fingerprint density at radius 3 is 2.65 bits per heavy atom. The van der Waals surface area contributed by atoms with Gasteiger partial charge in [-0.3, -0.25) is 14.5 Å². The highest BCUT2D eigenvalue weighted by Gasteiger charge is 2.35. The van der Waals surface area contributed by atoms with Crippen LogP contribution < -0.4 is 10.2 Å². The molecular weight excluding hydrogens is 470 g/mol. The first kappa shape index (κ1) is 22.8. The lowest BCUT2D eigenvalue weighted by molar-refractivity contribution is -0.127. The summed E-state index contributed by atoms with van der Waals surface area (Å²) >= 11 is 0. The van der Waals surface area contributed by atoms with Crippen molar-refractivity contribution in [2.75, 3.05) is 4.90 Å². The molecule has 0 aliphatic heterocycles. The minimum atomic E-state index is -1.04. The molecule has 2 aromatic carbocycles. The number of benzene rings is 2. The highest BCUT2D eigenvalue weighted by atomic mass is 16.3. The maximum Gasteiger partial charge on any atom is 0.251 e. The van der Waals surface area contributed by atoms with Crippen molar-refractivity contribution in [2.24, 2.45) is 0 Å². The van der Waals surface area contributed by atoms with E-state index in [4.69, 9.17) is 8.83 Å². The Kier molecular flexibility index (Phi) is 6.02. The molecule has 0 unspecified atom stereocenters. The van der Waals surface area contributed by atoms with E-state index in [0.29, 0.717) is 22.7 Å². The van der Waals surface area contributed by atoms with Crippen LogP contribution in [-0.2, 0) is 35.5 Å². The zero-order valence-corrected chi connectivity index (χ0v) is 20.0. The van der Waals surface area contributed by atoms with Crippen LogP contribution in [0.25, 0.3) is 11.0 Å². The van der Waals surface area contributed by atoms with Gasteiger partial charge in [0.15, 0.2) is 6.04 Å². The van der Waals surface area contributed by atoms with Crippen molar-refractivity contribution in [3.63, 3.8) is 0 Å². The second kappa shape index (κ2) is 9.77. The Morgan fingerprint density at radius 1 is 0.973 bits per heavy atom. The first-order chi connectivity index (χ1) is 18.2. The molecule has 9 nitrogen and oxygen atoms in total. The fourth-order valence-electron chi connectivity index (χ4n) is 4.89. The van der Waals surface area contributed by atoms with Gasteiger partial charge in [-0.1, -0.05) is 23.4 Å². The molecule has 0 spiro atoms. The van der Waals surface area contributed by atoms with Crippen LogP contribution in [0, 0.1) is 0 Å². The smallest absolute Gasteiger partial charge is 0.251 e. The van der Waals surface area contributed by atoms with Gasteiger partial charge >= 0.3 is 0 Å². The number of carbonyl (C=O) groups is 2. The summed E-state index contributed by atoms with van der Waals surface area (Å²) in [5, 5.41) is 11.3. The number of hydrogen-bond donors (Lipinski definition) is 1. The number of amides is 2. The largest absolute Gasteiger partial charge is 0.467 e. The van der Waals surface area contributed by atoms with Crippen LogP contribution in [0.5, 0.6) is 0 Å². The van der Waals surface area contributed by atoms with Crippen LogP contribution >= 0.6 is 0 Å². The quantitative estimate of drug-likeness (QED) is 0.346. The number of aryl methyl sites for hydroxylation is 2. The summed E-state index contributed by atoms with van der Waals surface area (Å²) < 4.78 is 12.6. The number of hydrogen-bond acceptors (Lipinski definition) is 6. The van der Waals surface area contributed by atoms with E-state index in [0.717, 1.165) is 24.8 Å². The molecule has 1 aliphatic carbocycles. The van der Waals surface area contributed by atoms with Gasteiger partial charge in [-0.15, -0.1) is 5.10 Å². The number of carbonyl (C=O) groups excluding carboxylic acids is 2. The van der Waals surface area contributed by atoms with E-state index < -0.39 is 6.04 Å². The summed E-state index contributed by atoms with van der Waals surface area (Å²) in [6.45, 7) is 0.0866. The van der Waals surface area contributed by atoms with Crippen molar-refractivity contribution < 1.29 is 18.4 Å². The van der Waals surface area contributed by atoms with Crippen molar-refractivity contribution in [3.8, 4) is 0 Å². The van der Waals surface area contributed by atoms with E-state index in [1.165, 1.54) is 22.3 Å². The fourth-order valence-corrected chi connectivity index (χ4v) is 4.89. The lowest BCUT2D eigenvalue weighted by Crippen LogP contribution is -2.45. The number of para-hydroxylation sites is 1. The van der Waals surface area contributed by atoms with Crippen molar-refractivity contribution in [3.05, 3.63) is 102 Å². The third-order valence-corrected chi connectivity index (χ3v) is 6.67. The second-order valence-corrected chi connectivity index (χ2v) is 9.02. The number of nitrogens with zero attached hydrogens (tertiary/aromatic N) is 4. The van der Waals surface area contributed by atoms with Gasteiger partial charge in [0.05, 0.1) is 24.6 Å². The summed E-state index contributed by atoms with van der Waals surface area (Å²) in [5.41, 5.74) is 4.52. The number of furan rings is 2. The number of rotatable bonds is 8. The minimum Gasteiger partial charge on any atom is -0.467 e. The number of aromatic nitrogens is 3. The molecule has 186 valence electrons. The first-order valence-electron chi connectivity index (χ1n) is 12.2. The fraction of sp³-hybridized carbons (Fsp3) is 0.214. The molecule has 6 rings (SSSR count). The van der Waals surface area contributed by atoms with E-state index >= 15 is 0 Å². The van der Waals surface area contributed by atoms with Crippen molar-refractivity contribution in [2.45, 2.75) is 38.4 Å². The van der Waals surface area contributed by atoms with E-state index in [-0.39, 0.29) is 24.9 Å². The van der Waals surface area contributed by atoms with E-state index in [1.54, 1.807) is 35.2 Å². The highest BCUT2D eigenvalue weighted by Crippen LogP contribution is 2.33. The predicted molar refractivity (Wildman–Crippen MR) is 135 cm³/mol. The Morgan fingerprint density at radius 2 is 1.81 bits per heavy atom. The Balaban J connectivity index is 1.39. The van der Waals surface area contributed by atoms with Gasteiger partial charge in [0.2, 0.25) is 5.91 Å². The molecule has 0 radical (unpaired) electrons. The molecule has 0 fully saturated rings. The second-order valence-electron chi connectivity index (χ2n) is 9.02. The normalized spacial score (nSPS) is 13.4. The van der Waals surface area contributed by atoms with Gasteiger partial charge < -0.3 is 14.2 Å². The molecule has 0 bridgehead atoms. The first-order valence-corrected chi connectivity index (χ1v) is 12.2. The average molecular weight is 496 g/mol. The van der Waals surface area contributed by atoms with Crippen LogP contribution in [0.15, 0.2) is 88.1 Å². The average Bonchev–Trinajstić information content (AvgIpc) is 3.73. The van der Waals surface area contributed by atoms with Gasteiger partial charge in [-0.05, 0) is 78.9 Å². The molecule has 1 N–H and O–H groups in total. The highest BCUT2D eigenvalue weighted by molar-refractivity contribution is 6.01. The van der Waals surface area contributed by atoms with Crippen molar-refractivity contribution in [1.29, 1.82) is 0 Å². The third kappa shape index (κ3) is 4.51. The molecule has 0 saturated heterocycles. The van der Waals surface area contributed by atoms with Crippen molar-refractivity contribution >= 4 is 28.5 Å². The molecule has 1 aliphatic rings. The van der Waals surface area contributed by atoms with Gasteiger partial charge in [-0.2, -0.15) is 0 Å². The summed E-state index contributed by atoms with van der Waals surface area (Å²) in [6, 6.07) is 19.3. The minimum absolute atomic E-state index is 0.0970. The topological polar surface area (TPSA) is 106 Å². The zero-order chi connectivity index (χ0) is 25.2. The molecule has 37 heavy (non-hydrogen) atoms. The molecule has 3 heterocycles. The maximum absolute atomic E-state index is 14.0. The van der Waals surface area contributed by atoms with E-state index in [2.05, 4.69) is 15.6 Å².